The van der Waals surface area contributed by atoms with Crippen LogP contribution in [0.4, 0.5) is 0 Å². The van der Waals surface area contributed by atoms with Gasteiger partial charge < -0.3 is 5.32 Å². The van der Waals surface area contributed by atoms with Crippen LogP contribution in [0.25, 0.3) is 4.96 Å². The average molecular weight is 291 g/mol. The molecule has 1 N–H and O–H groups in total. The molecule has 1 aliphatic carbocycles. The molecule has 0 radical (unpaired) electrons. The lowest BCUT2D eigenvalue weighted by Gasteiger charge is -2.28. The Balaban J connectivity index is 1.64. The predicted molar refractivity (Wildman–Crippen MR) is 85.4 cm³/mol. The van der Waals surface area contributed by atoms with Crippen molar-refractivity contribution in [3.63, 3.8) is 0 Å². The molecule has 3 nitrogen and oxygen atoms in total. The molecule has 110 valence electrons. The van der Waals surface area contributed by atoms with Crippen LogP contribution in [-0.2, 0) is 6.54 Å². The molecule has 0 amide bonds. The largest absolute Gasteiger partial charge is 0.308 e. The highest BCUT2D eigenvalue weighted by atomic mass is 32.1. The lowest BCUT2D eigenvalue weighted by molar-refractivity contribution is 0.284. The molecule has 0 aromatic carbocycles. The molecule has 1 saturated carbocycles. The molecule has 4 heteroatoms. The van der Waals surface area contributed by atoms with E-state index in [9.17, 15) is 0 Å². The maximum absolute atomic E-state index is 4.66. The van der Waals surface area contributed by atoms with Crippen LogP contribution in [0.5, 0.6) is 0 Å². The third-order valence-corrected chi connectivity index (χ3v) is 5.62. The van der Waals surface area contributed by atoms with Crippen molar-refractivity contribution in [2.45, 2.75) is 65.5 Å². The molecule has 1 fully saturated rings. The van der Waals surface area contributed by atoms with Crippen molar-refractivity contribution in [2.75, 3.05) is 0 Å². The number of nitrogens with one attached hydrogen (secondary N) is 1. The highest BCUT2D eigenvalue weighted by Gasteiger charge is 2.20. The summed E-state index contributed by atoms with van der Waals surface area (Å²) in [5, 5.41) is 3.75. The van der Waals surface area contributed by atoms with Crippen molar-refractivity contribution in [1.29, 1.82) is 0 Å². The normalized spacial score (nSPS) is 23.6. The minimum atomic E-state index is 0.697. The lowest BCUT2D eigenvalue weighted by Crippen LogP contribution is -2.33. The molecular weight excluding hydrogens is 266 g/mol. The van der Waals surface area contributed by atoms with Crippen LogP contribution in [-0.4, -0.2) is 15.4 Å². The number of imidazole rings is 1. The summed E-state index contributed by atoms with van der Waals surface area (Å²) in [6.45, 7) is 7.55. The second-order valence-corrected chi connectivity index (χ2v) is 7.36. The second kappa shape index (κ2) is 5.86. The zero-order valence-corrected chi connectivity index (χ0v) is 13.6. The minimum Gasteiger partial charge on any atom is -0.308 e. The zero-order valence-electron chi connectivity index (χ0n) is 12.8. The first-order valence-electron chi connectivity index (χ1n) is 7.84. The van der Waals surface area contributed by atoms with Crippen molar-refractivity contribution >= 4 is 16.3 Å². The molecule has 1 aliphatic rings. The Morgan fingerprint density at radius 2 is 2.05 bits per heavy atom. The van der Waals surface area contributed by atoms with E-state index in [1.165, 1.54) is 48.4 Å². The molecule has 2 aromatic heterocycles. The molecule has 0 bridgehead atoms. The van der Waals surface area contributed by atoms with Crippen molar-refractivity contribution in [3.05, 3.63) is 22.5 Å². The van der Waals surface area contributed by atoms with Crippen LogP contribution in [0, 0.1) is 19.8 Å². The van der Waals surface area contributed by atoms with Gasteiger partial charge in [0.1, 0.15) is 0 Å². The monoisotopic (exact) mass is 291 g/mol. The minimum absolute atomic E-state index is 0.697. The Bertz CT molecular complexity index is 576. The lowest BCUT2D eigenvalue weighted by atomic mass is 9.84. The van der Waals surface area contributed by atoms with Crippen LogP contribution in [0.1, 0.15) is 55.3 Å². The van der Waals surface area contributed by atoms with Crippen molar-refractivity contribution in [1.82, 2.24) is 14.7 Å². The number of aromatic nitrogens is 2. The first-order valence-corrected chi connectivity index (χ1v) is 8.66. The Morgan fingerprint density at radius 3 is 2.75 bits per heavy atom. The summed E-state index contributed by atoms with van der Waals surface area (Å²) in [6.07, 6.45) is 9.03. The van der Waals surface area contributed by atoms with Gasteiger partial charge in [0.15, 0.2) is 4.96 Å². The van der Waals surface area contributed by atoms with E-state index in [2.05, 4.69) is 41.7 Å². The fourth-order valence-electron chi connectivity index (χ4n) is 3.34. The van der Waals surface area contributed by atoms with E-state index in [0.29, 0.717) is 6.04 Å². The van der Waals surface area contributed by atoms with Gasteiger partial charge in [-0.3, -0.25) is 4.40 Å². The fourth-order valence-corrected chi connectivity index (χ4v) is 4.23. The van der Waals surface area contributed by atoms with Crippen molar-refractivity contribution < 1.29 is 0 Å². The molecule has 0 saturated heterocycles. The van der Waals surface area contributed by atoms with Gasteiger partial charge in [-0.2, -0.15) is 0 Å². The third-order valence-electron chi connectivity index (χ3n) is 4.72. The highest BCUT2D eigenvalue weighted by molar-refractivity contribution is 7.17. The van der Waals surface area contributed by atoms with Gasteiger partial charge in [-0.1, -0.05) is 13.3 Å². The maximum atomic E-state index is 4.66. The average Bonchev–Trinajstić information content (AvgIpc) is 2.92. The summed E-state index contributed by atoms with van der Waals surface area (Å²) in [5.41, 5.74) is 2.51. The number of hydrogen-bond donors (Lipinski definition) is 1. The number of nitrogens with zero attached hydrogens (tertiary/aromatic N) is 2. The van der Waals surface area contributed by atoms with E-state index in [1.807, 2.05) is 0 Å². The molecule has 0 unspecified atom stereocenters. The zero-order chi connectivity index (χ0) is 14.1. The standard InChI is InChI=1S/C16H25N3S/c1-4-13-5-7-14(8-6-13)17-9-15-12(3)18-16-19(15)10-11(2)20-16/h10,13-14,17H,4-9H2,1-3H3. The van der Waals surface area contributed by atoms with Gasteiger partial charge in [-0.25, -0.2) is 4.98 Å². The van der Waals surface area contributed by atoms with Gasteiger partial charge >= 0.3 is 0 Å². The van der Waals surface area contributed by atoms with Crippen LogP contribution in [0.15, 0.2) is 6.20 Å². The summed E-state index contributed by atoms with van der Waals surface area (Å²) in [6, 6.07) is 0.697. The summed E-state index contributed by atoms with van der Waals surface area (Å²) in [4.78, 5) is 7.13. The SMILES string of the molecule is CCC1CCC(NCc2c(C)nc3sc(C)cn23)CC1. The first kappa shape index (κ1) is 14.1. The van der Waals surface area contributed by atoms with Gasteiger partial charge in [0.25, 0.3) is 0 Å². The number of rotatable bonds is 4. The Morgan fingerprint density at radius 1 is 1.30 bits per heavy atom. The van der Waals surface area contributed by atoms with Crippen LogP contribution >= 0.6 is 11.3 Å². The molecule has 20 heavy (non-hydrogen) atoms. The quantitative estimate of drug-likeness (QED) is 0.920. The van der Waals surface area contributed by atoms with Gasteiger partial charge in [0.2, 0.25) is 0 Å². The molecule has 0 atom stereocenters. The van der Waals surface area contributed by atoms with Gasteiger partial charge in [0, 0.05) is 23.7 Å². The molecule has 2 heterocycles. The number of fused-ring (bicyclic) bond motifs is 1. The Kier molecular flexibility index (Phi) is 4.13. The van der Waals surface area contributed by atoms with Gasteiger partial charge in [0.05, 0.1) is 11.4 Å². The molecule has 2 aromatic rings. The summed E-state index contributed by atoms with van der Waals surface area (Å²) < 4.78 is 2.26. The number of thiazole rings is 1. The highest BCUT2D eigenvalue weighted by Crippen LogP contribution is 2.27. The molecule has 0 aliphatic heterocycles. The van der Waals surface area contributed by atoms with Crippen molar-refractivity contribution in [2.24, 2.45) is 5.92 Å². The molecule has 3 rings (SSSR count). The summed E-state index contributed by atoms with van der Waals surface area (Å²) in [7, 11) is 0. The van der Waals surface area contributed by atoms with E-state index >= 15 is 0 Å². The third kappa shape index (κ3) is 2.77. The van der Waals surface area contributed by atoms with E-state index in [0.717, 1.165) is 17.4 Å². The summed E-state index contributed by atoms with van der Waals surface area (Å²) in [5.74, 6) is 0.969. The first-order chi connectivity index (χ1) is 9.67. The van der Waals surface area contributed by atoms with Crippen LogP contribution in [0.3, 0.4) is 0 Å². The summed E-state index contributed by atoms with van der Waals surface area (Å²) >= 11 is 1.78. The number of hydrogen-bond acceptors (Lipinski definition) is 3. The number of aryl methyl sites for hydroxylation is 2. The predicted octanol–water partition coefficient (Wildman–Crippen LogP) is 4.07. The van der Waals surface area contributed by atoms with Crippen LogP contribution in [0.2, 0.25) is 0 Å². The Labute approximate surface area is 125 Å². The van der Waals surface area contributed by atoms with Crippen molar-refractivity contribution in [3.8, 4) is 0 Å². The van der Waals surface area contributed by atoms with Gasteiger partial charge in [-0.05, 0) is 45.4 Å². The van der Waals surface area contributed by atoms with E-state index in [-0.39, 0.29) is 0 Å². The fraction of sp³-hybridized carbons (Fsp3) is 0.688. The van der Waals surface area contributed by atoms with E-state index < -0.39 is 0 Å². The maximum Gasteiger partial charge on any atom is 0.194 e. The Hall–Kier alpha value is -0.870. The molecule has 0 spiro atoms. The van der Waals surface area contributed by atoms with Crippen LogP contribution < -0.4 is 5.32 Å². The van der Waals surface area contributed by atoms with E-state index in [4.69, 9.17) is 0 Å². The topological polar surface area (TPSA) is 29.3 Å². The van der Waals surface area contributed by atoms with Gasteiger partial charge in [-0.15, -0.1) is 11.3 Å². The second-order valence-electron chi connectivity index (χ2n) is 6.15. The molecular formula is C16H25N3S. The van der Waals surface area contributed by atoms with E-state index in [1.54, 1.807) is 11.3 Å². The smallest absolute Gasteiger partial charge is 0.194 e.